The Morgan fingerprint density at radius 1 is 1.00 bits per heavy atom. The van der Waals surface area contributed by atoms with Crippen LogP contribution in [0.2, 0.25) is 0 Å². The summed E-state index contributed by atoms with van der Waals surface area (Å²) in [5.41, 5.74) is 1.54. The van der Waals surface area contributed by atoms with Crippen molar-refractivity contribution in [1.82, 2.24) is 0 Å². The van der Waals surface area contributed by atoms with E-state index in [2.05, 4.69) is 17.6 Å². The van der Waals surface area contributed by atoms with Crippen molar-refractivity contribution in [2.75, 3.05) is 17.2 Å². The maximum Gasteiger partial charge on any atom is 0.243 e. The first-order chi connectivity index (χ1) is 12.5. The molecule has 0 aliphatic heterocycles. The second-order valence-corrected chi connectivity index (χ2v) is 6.43. The summed E-state index contributed by atoms with van der Waals surface area (Å²) in [6.07, 6.45) is 1.20. The van der Waals surface area contributed by atoms with Crippen molar-refractivity contribution < 1.29 is 14.3 Å². The van der Waals surface area contributed by atoms with E-state index in [1.807, 2.05) is 69.3 Å². The molecule has 0 saturated carbocycles. The second-order valence-electron chi connectivity index (χ2n) is 6.43. The van der Waals surface area contributed by atoms with Crippen LogP contribution in [0.25, 0.3) is 0 Å². The number of hydrogen-bond acceptors (Lipinski definition) is 4. The van der Waals surface area contributed by atoms with Crippen molar-refractivity contribution in [3.05, 3.63) is 48.5 Å². The number of para-hydroxylation sites is 2. The third-order valence-electron chi connectivity index (χ3n) is 3.74. The van der Waals surface area contributed by atoms with Gasteiger partial charge in [0.2, 0.25) is 5.91 Å². The predicted octanol–water partition coefficient (Wildman–Crippen LogP) is 4.70. The van der Waals surface area contributed by atoms with E-state index in [1.165, 1.54) is 0 Å². The average Bonchev–Trinajstić information content (AvgIpc) is 2.62. The summed E-state index contributed by atoms with van der Waals surface area (Å²) in [4.78, 5) is 12.2. The number of ether oxygens (including phenoxy) is 2. The van der Waals surface area contributed by atoms with E-state index < -0.39 is 0 Å². The van der Waals surface area contributed by atoms with Gasteiger partial charge >= 0.3 is 0 Å². The molecular formula is C21H28N2O3. The van der Waals surface area contributed by atoms with Crippen LogP contribution in [0, 0.1) is 0 Å². The molecule has 2 aromatic rings. The predicted molar refractivity (Wildman–Crippen MR) is 106 cm³/mol. The largest absolute Gasteiger partial charge is 0.491 e. The van der Waals surface area contributed by atoms with E-state index in [-0.39, 0.29) is 24.7 Å². The summed E-state index contributed by atoms with van der Waals surface area (Å²) in [7, 11) is 0. The fraction of sp³-hybridized carbons (Fsp3) is 0.381. The lowest BCUT2D eigenvalue weighted by Gasteiger charge is -2.15. The molecule has 0 radical (unpaired) electrons. The normalized spacial score (nSPS) is 11.7. The molecule has 1 atom stereocenters. The van der Waals surface area contributed by atoms with Crippen LogP contribution in [0.1, 0.15) is 34.1 Å². The molecule has 0 heterocycles. The Hall–Kier alpha value is -2.69. The molecule has 5 heteroatoms. The molecule has 0 fully saturated rings. The summed E-state index contributed by atoms with van der Waals surface area (Å²) in [6, 6.07) is 15.0. The summed E-state index contributed by atoms with van der Waals surface area (Å²) in [6.45, 7) is 8.21. The zero-order chi connectivity index (χ0) is 18.9. The molecule has 2 rings (SSSR count). The van der Waals surface area contributed by atoms with E-state index in [0.717, 1.165) is 29.3 Å². The van der Waals surface area contributed by atoms with Gasteiger partial charge in [-0.3, -0.25) is 4.79 Å². The van der Waals surface area contributed by atoms with Crippen molar-refractivity contribution >= 4 is 17.3 Å². The minimum atomic E-state index is -0.125. The molecule has 5 nitrogen and oxygen atoms in total. The number of benzene rings is 2. The van der Waals surface area contributed by atoms with E-state index in [4.69, 9.17) is 9.47 Å². The summed E-state index contributed by atoms with van der Waals surface area (Å²) in [5.74, 6) is 1.41. The molecule has 0 aliphatic rings. The maximum absolute atomic E-state index is 12.2. The summed E-state index contributed by atoms with van der Waals surface area (Å²) < 4.78 is 11.5. The number of carbonyl (C=O) groups is 1. The first kappa shape index (κ1) is 19.6. The van der Waals surface area contributed by atoms with Gasteiger partial charge in [0, 0.05) is 5.69 Å². The van der Waals surface area contributed by atoms with Crippen molar-refractivity contribution in [2.45, 2.75) is 46.3 Å². The lowest BCUT2D eigenvalue weighted by atomic mass is 10.2. The van der Waals surface area contributed by atoms with Crippen LogP contribution in [0.3, 0.4) is 0 Å². The summed E-state index contributed by atoms with van der Waals surface area (Å²) in [5, 5.41) is 5.99. The van der Waals surface area contributed by atoms with Crippen LogP contribution in [0.4, 0.5) is 11.4 Å². The van der Waals surface area contributed by atoms with Crippen LogP contribution in [-0.4, -0.2) is 24.7 Å². The molecule has 140 valence electrons. The molecule has 2 N–H and O–H groups in total. The van der Waals surface area contributed by atoms with Crippen molar-refractivity contribution in [3.63, 3.8) is 0 Å². The minimum absolute atomic E-state index is 0.0722. The fourth-order valence-corrected chi connectivity index (χ4v) is 2.28. The third kappa shape index (κ3) is 6.31. The van der Waals surface area contributed by atoms with E-state index >= 15 is 0 Å². The molecule has 0 bridgehead atoms. The van der Waals surface area contributed by atoms with Gasteiger partial charge in [0.1, 0.15) is 11.5 Å². The molecule has 0 aromatic heterocycles. The fourth-order valence-electron chi connectivity index (χ4n) is 2.28. The second kappa shape index (κ2) is 9.70. The van der Waals surface area contributed by atoms with Gasteiger partial charge in [0.25, 0.3) is 0 Å². The van der Waals surface area contributed by atoms with Gasteiger partial charge in [-0.2, -0.15) is 0 Å². The topological polar surface area (TPSA) is 59.6 Å². The Balaban J connectivity index is 1.87. The van der Waals surface area contributed by atoms with Gasteiger partial charge in [-0.25, -0.2) is 0 Å². The minimum Gasteiger partial charge on any atom is -0.491 e. The molecule has 1 amide bonds. The maximum atomic E-state index is 12.2. The van der Waals surface area contributed by atoms with Crippen molar-refractivity contribution in [2.24, 2.45) is 0 Å². The Morgan fingerprint density at radius 3 is 2.35 bits per heavy atom. The van der Waals surface area contributed by atoms with Crippen LogP contribution in [0.15, 0.2) is 48.5 Å². The van der Waals surface area contributed by atoms with E-state index in [9.17, 15) is 4.79 Å². The Kier molecular flexibility index (Phi) is 7.33. The number of rotatable bonds is 9. The number of carbonyl (C=O) groups excluding carboxylic acids is 1. The Morgan fingerprint density at radius 2 is 1.69 bits per heavy atom. The van der Waals surface area contributed by atoms with Gasteiger partial charge in [0.15, 0.2) is 0 Å². The first-order valence-corrected chi connectivity index (χ1v) is 9.04. The van der Waals surface area contributed by atoms with Crippen LogP contribution < -0.4 is 20.1 Å². The quantitative estimate of drug-likeness (QED) is 0.684. The number of nitrogens with one attached hydrogen (secondary N) is 2. The average molecular weight is 356 g/mol. The highest BCUT2D eigenvalue weighted by atomic mass is 16.5. The summed E-state index contributed by atoms with van der Waals surface area (Å²) >= 11 is 0. The van der Waals surface area contributed by atoms with Gasteiger partial charge in [-0.15, -0.1) is 0 Å². The third-order valence-corrected chi connectivity index (χ3v) is 3.74. The highest BCUT2D eigenvalue weighted by Crippen LogP contribution is 2.24. The van der Waals surface area contributed by atoms with Crippen LogP contribution in [0.5, 0.6) is 11.5 Å². The lowest BCUT2D eigenvalue weighted by Crippen LogP contribution is -2.22. The standard InChI is InChI=1S/C21H28N2O3/c1-5-16(4)26-18-12-10-17(11-13-18)23-21(24)14-22-19-8-6-7-9-20(19)25-15(2)3/h6-13,15-16,22H,5,14H2,1-4H3,(H,23,24). The highest BCUT2D eigenvalue weighted by Gasteiger charge is 2.08. The first-order valence-electron chi connectivity index (χ1n) is 9.04. The van der Waals surface area contributed by atoms with Crippen LogP contribution in [-0.2, 0) is 4.79 Å². The zero-order valence-corrected chi connectivity index (χ0v) is 15.9. The number of anilines is 2. The van der Waals surface area contributed by atoms with Gasteiger partial charge < -0.3 is 20.1 Å². The molecule has 1 unspecified atom stereocenters. The van der Waals surface area contributed by atoms with Crippen molar-refractivity contribution in [3.8, 4) is 11.5 Å². The monoisotopic (exact) mass is 356 g/mol. The van der Waals surface area contributed by atoms with Crippen LogP contribution >= 0.6 is 0 Å². The molecule has 2 aromatic carbocycles. The van der Waals surface area contributed by atoms with Gasteiger partial charge in [0.05, 0.1) is 24.4 Å². The number of amides is 1. The molecule has 26 heavy (non-hydrogen) atoms. The lowest BCUT2D eigenvalue weighted by molar-refractivity contribution is -0.114. The SMILES string of the molecule is CCC(C)Oc1ccc(NC(=O)CNc2ccccc2OC(C)C)cc1. The van der Waals surface area contributed by atoms with E-state index in [1.54, 1.807) is 0 Å². The number of hydrogen-bond donors (Lipinski definition) is 2. The Bertz CT molecular complexity index is 699. The smallest absolute Gasteiger partial charge is 0.243 e. The highest BCUT2D eigenvalue weighted by molar-refractivity contribution is 5.94. The molecule has 0 spiro atoms. The molecule has 0 saturated heterocycles. The van der Waals surface area contributed by atoms with Crippen molar-refractivity contribution in [1.29, 1.82) is 0 Å². The van der Waals surface area contributed by atoms with Gasteiger partial charge in [-0.05, 0) is 63.6 Å². The van der Waals surface area contributed by atoms with E-state index in [0.29, 0.717) is 0 Å². The Labute approximate surface area is 155 Å². The molecular weight excluding hydrogens is 328 g/mol. The molecule has 0 aliphatic carbocycles. The zero-order valence-electron chi connectivity index (χ0n) is 15.9. The van der Waals surface area contributed by atoms with Gasteiger partial charge in [-0.1, -0.05) is 19.1 Å².